The van der Waals surface area contributed by atoms with Crippen LogP contribution in [0.15, 0.2) is 6.20 Å². The van der Waals surface area contributed by atoms with Crippen LogP contribution in [0.5, 0.6) is 0 Å². The van der Waals surface area contributed by atoms with E-state index in [1.807, 2.05) is 17.9 Å². The van der Waals surface area contributed by atoms with E-state index in [1.165, 1.54) is 11.3 Å². The predicted molar refractivity (Wildman–Crippen MR) is 87.1 cm³/mol. The van der Waals surface area contributed by atoms with Crippen molar-refractivity contribution >= 4 is 5.91 Å². The van der Waals surface area contributed by atoms with Gasteiger partial charge in [0.05, 0.1) is 31.5 Å². The Morgan fingerprint density at radius 3 is 2.83 bits per heavy atom. The molecule has 2 heterocycles. The van der Waals surface area contributed by atoms with Gasteiger partial charge in [-0.1, -0.05) is 0 Å². The lowest BCUT2D eigenvalue weighted by atomic mass is 9.97. The van der Waals surface area contributed by atoms with Gasteiger partial charge in [-0.25, -0.2) is 0 Å². The molecular weight excluding hydrogens is 296 g/mol. The number of hydrogen-bond donors (Lipinski definition) is 0. The summed E-state index contributed by atoms with van der Waals surface area (Å²) in [4.78, 5) is 16.1. The van der Waals surface area contributed by atoms with Gasteiger partial charge in [-0.3, -0.25) is 14.4 Å². The third-order valence-electron chi connectivity index (χ3n) is 4.35. The van der Waals surface area contributed by atoms with Crippen LogP contribution in [0.1, 0.15) is 17.7 Å². The molecule has 1 aromatic heterocycles. The molecule has 1 unspecified atom stereocenters. The maximum Gasteiger partial charge on any atom is 0.225 e. The zero-order valence-corrected chi connectivity index (χ0v) is 14.8. The molecular formula is C16H28N4O3. The molecule has 0 spiro atoms. The maximum atomic E-state index is 12.2. The van der Waals surface area contributed by atoms with Crippen LogP contribution in [-0.4, -0.2) is 78.6 Å². The molecule has 23 heavy (non-hydrogen) atoms. The first-order valence-electron chi connectivity index (χ1n) is 7.90. The van der Waals surface area contributed by atoms with Crippen molar-refractivity contribution in [3.8, 4) is 0 Å². The number of carbonyl (C=O) groups excluding carboxylic acids is 1. The van der Waals surface area contributed by atoms with Crippen molar-refractivity contribution in [1.29, 1.82) is 0 Å². The van der Waals surface area contributed by atoms with Crippen molar-refractivity contribution in [2.24, 2.45) is 7.05 Å². The number of amides is 1. The number of methoxy groups -OCH3 is 1. The van der Waals surface area contributed by atoms with Gasteiger partial charge in [0.25, 0.3) is 0 Å². The van der Waals surface area contributed by atoms with Crippen molar-refractivity contribution in [2.75, 3.05) is 47.5 Å². The van der Waals surface area contributed by atoms with Crippen LogP contribution in [-0.2, 0) is 27.9 Å². The Morgan fingerprint density at radius 1 is 1.52 bits per heavy atom. The second-order valence-electron chi connectivity index (χ2n) is 6.54. The molecule has 1 aliphatic rings. The summed E-state index contributed by atoms with van der Waals surface area (Å²) >= 11 is 0. The highest BCUT2D eigenvalue weighted by atomic mass is 16.5. The van der Waals surface area contributed by atoms with Gasteiger partial charge in [0.15, 0.2) is 0 Å². The van der Waals surface area contributed by atoms with Crippen molar-refractivity contribution < 1.29 is 14.3 Å². The smallest absolute Gasteiger partial charge is 0.225 e. The number of rotatable bonds is 6. The summed E-state index contributed by atoms with van der Waals surface area (Å²) in [5.41, 5.74) is 1.79. The van der Waals surface area contributed by atoms with Gasteiger partial charge in [-0.2, -0.15) is 5.10 Å². The monoisotopic (exact) mass is 324 g/mol. The zero-order valence-electron chi connectivity index (χ0n) is 14.8. The average molecular weight is 324 g/mol. The maximum absolute atomic E-state index is 12.2. The summed E-state index contributed by atoms with van der Waals surface area (Å²) in [6, 6.07) is 0. The molecule has 2 rings (SSSR count). The second-order valence-corrected chi connectivity index (χ2v) is 6.54. The summed E-state index contributed by atoms with van der Waals surface area (Å²) in [5, 5.41) is 4.30. The minimum absolute atomic E-state index is 0.0561. The Balaban J connectivity index is 2.10. The number of aromatic nitrogens is 2. The summed E-state index contributed by atoms with van der Waals surface area (Å²) in [6.45, 7) is 5.39. The van der Waals surface area contributed by atoms with E-state index in [2.05, 4.69) is 16.9 Å². The van der Waals surface area contributed by atoms with Crippen LogP contribution in [0, 0.1) is 6.92 Å². The predicted octanol–water partition coefficient (Wildman–Crippen LogP) is 0.424. The van der Waals surface area contributed by atoms with E-state index in [1.54, 1.807) is 26.1 Å². The average Bonchev–Trinajstić information content (AvgIpc) is 2.79. The number of morpholine rings is 1. The van der Waals surface area contributed by atoms with Crippen LogP contribution >= 0.6 is 0 Å². The summed E-state index contributed by atoms with van der Waals surface area (Å²) < 4.78 is 13.3. The van der Waals surface area contributed by atoms with Crippen LogP contribution in [0.3, 0.4) is 0 Å². The number of nitrogens with zero attached hydrogens (tertiary/aromatic N) is 4. The molecule has 0 radical (unpaired) electrons. The van der Waals surface area contributed by atoms with Crippen LogP contribution < -0.4 is 0 Å². The molecule has 7 nitrogen and oxygen atoms in total. The normalized spacial score (nSPS) is 22.3. The number of aryl methyl sites for hydroxylation is 2. The highest BCUT2D eigenvalue weighted by Gasteiger charge is 2.39. The molecule has 1 aliphatic heterocycles. The summed E-state index contributed by atoms with van der Waals surface area (Å²) in [7, 11) is 7.14. The number of ether oxygens (including phenoxy) is 2. The van der Waals surface area contributed by atoms with E-state index in [4.69, 9.17) is 9.47 Å². The molecule has 1 aromatic rings. The first-order chi connectivity index (χ1) is 10.9. The zero-order chi connectivity index (χ0) is 17.0. The van der Waals surface area contributed by atoms with Crippen molar-refractivity contribution in [3.05, 3.63) is 17.5 Å². The fraction of sp³-hybridized carbons (Fsp3) is 0.750. The Labute approximate surface area is 138 Å². The highest BCUT2D eigenvalue weighted by molar-refractivity contribution is 5.76. The van der Waals surface area contributed by atoms with Gasteiger partial charge in [0.2, 0.25) is 5.91 Å². The van der Waals surface area contributed by atoms with Crippen LogP contribution in [0.25, 0.3) is 0 Å². The lowest BCUT2D eigenvalue weighted by Crippen LogP contribution is -2.56. The Kier molecular flexibility index (Phi) is 5.78. The fourth-order valence-electron chi connectivity index (χ4n) is 3.01. The van der Waals surface area contributed by atoms with E-state index >= 15 is 0 Å². The number of hydrogen-bond acceptors (Lipinski definition) is 5. The van der Waals surface area contributed by atoms with Crippen molar-refractivity contribution in [1.82, 2.24) is 19.6 Å². The molecule has 1 fully saturated rings. The summed E-state index contributed by atoms with van der Waals surface area (Å²) in [6.07, 6.45) is 2.21. The van der Waals surface area contributed by atoms with E-state index in [-0.39, 0.29) is 5.91 Å². The van der Waals surface area contributed by atoms with Crippen LogP contribution in [0.2, 0.25) is 0 Å². The van der Waals surface area contributed by atoms with Gasteiger partial charge >= 0.3 is 0 Å². The van der Waals surface area contributed by atoms with Crippen molar-refractivity contribution in [3.63, 3.8) is 0 Å². The minimum Gasteiger partial charge on any atom is -0.382 e. The second kappa shape index (κ2) is 7.42. The van der Waals surface area contributed by atoms with Crippen LogP contribution in [0.4, 0.5) is 0 Å². The third-order valence-corrected chi connectivity index (χ3v) is 4.35. The minimum atomic E-state index is -0.582. The van der Waals surface area contributed by atoms with Gasteiger partial charge < -0.3 is 14.4 Å². The van der Waals surface area contributed by atoms with Gasteiger partial charge in [0, 0.05) is 47.9 Å². The lowest BCUT2D eigenvalue weighted by Gasteiger charge is -2.42. The standard InChI is InChI=1S/C16H28N4O3/c1-13-9-17-19(4)14(13)10-20-6-7-23-16(11-20,12-22-5)8-15(21)18(2)3/h9H,6-8,10-12H2,1-5H3. The Hall–Kier alpha value is -1.44. The Bertz CT molecular complexity index is 520. The largest absolute Gasteiger partial charge is 0.382 e. The SMILES string of the molecule is COCC1(CC(=O)N(C)C)CN(Cc2c(C)cnn2C)CCO1. The summed E-state index contributed by atoms with van der Waals surface area (Å²) in [5.74, 6) is 0.0561. The van der Waals surface area contributed by atoms with E-state index in [0.29, 0.717) is 26.2 Å². The van der Waals surface area contributed by atoms with Gasteiger partial charge in [-0.15, -0.1) is 0 Å². The molecule has 1 atom stereocenters. The van der Waals surface area contributed by atoms with Crippen molar-refractivity contribution in [2.45, 2.75) is 25.5 Å². The molecule has 0 N–H and O–H groups in total. The van der Waals surface area contributed by atoms with Gasteiger partial charge in [-0.05, 0) is 12.5 Å². The molecule has 0 aliphatic carbocycles. The number of carbonyl (C=O) groups is 1. The first kappa shape index (κ1) is 17.9. The van der Waals surface area contributed by atoms with E-state index < -0.39 is 5.60 Å². The fourth-order valence-corrected chi connectivity index (χ4v) is 3.01. The molecule has 130 valence electrons. The van der Waals surface area contributed by atoms with E-state index in [9.17, 15) is 4.79 Å². The first-order valence-corrected chi connectivity index (χ1v) is 7.90. The molecule has 1 amide bonds. The van der Waals surface area contributed by atoms with Gasteiger partial charge in [0.1, 0.15) is 5.60 Å². The topological polar surface area (TPSA) is 59.8 Å². The molecule has 0 bridgehead atoms. The van der Waals surface area contributed by atoms with E-state index in [0.717, 1.165) is 13.1 Å². The molecule has 0 saturated carbocycles. The quantitative estimate of drug-likeness (QED) is 0.759. The lowest BCUT2D eigenvalue weighted by molar-refractivity contribution is -0.160. The molecule has 0 aromatic carbocycles. The highest BCUT2D eigenvalue weighted by Crippen LogP contribution is 2.25. The molecule has 7 heteroatoms. The molecule has 1 saturated heterocycles. The third kappa shape index (κ3) is 4.31. The Morgan fingerprint density at radius 2 is 2.26 bits per heavy atom.